The van der Waals surface area contributed by atoms with E-state index in [0.717, 1.165) is 25.7 Å². The van der Waals surface area contributed by atoms with Crippen LogP contribution in [-0.4, -0.2) is 11.9 Å². The Morgan fingerprint density at radius 3 is 2.37 bits per heavy atom. The van der Waals surface area contributed by atoms with Crippen LogP contribution in [0.3, 0.4) is 0 Å². The zero-order chi connectivity index (χ0) is 13.7. The SMILES string of the molecule is Nc1cc(F)cc(C(=O)NC2CCCCCCC2)c1. The summed E-state index contributed by atoms with van der Waals surface area (Å²) in [6.07, 6.45) is 8.08. The Hall–Kier alpha value is -1.58. The molecule has 1 aliphatic rings. The lowest BCUT2D eigenvalue weighted by Gasteiger charge is -2.21. The van der Waals surface area contributed by atoms with Crippen LogP contribution in [0.4, 0.5) is 10.1 Å². The van der Waals surface area contributed by atoms with E-state index in [1.807, 2.05) is 0 Å². The lowest BCUT2D eigenvalue weighted by molar-refractivity contribution is 0.0930. The smallest absolute Gasteiger partial charge is 0.251 e. The van der Waals surface area contributed by atoms with Gasteiger partial charge in [0.15, 0.2) is 0 Å². The maximum absolute atomic E-state index is 13.2. The molecule has 1 fully saturated rings. The summed E-state index contributed by atoms with van der Waals surface area (Å²) < 4.78 is 13.2. The molecule has 3 N–H and O–H groups in total. The molecule has 104 valence electrons. The number of carbonyl (C=O) groups excluding carboxylic acids is 1. The van der Waals surface area contributed by atoms with Crippen molar-refractivity contribution in [1.29, 1.82) is 0 Å². The van der Waals surface area contributed by atoms with Crippen molar-refractivity contribution in [2.75, 3.05) is 5.73 Å². The first-order chi connectivity index (χ1) is 9.15. The molecule has 0 aromatic heterocycles. The highest BCUT2D eigenvalue weighted by molar-refractivity contribution is 5.95. The Bertz CT molecular complexity index is 420. The number of carbonyl (C=O) groups is 1. The first kappa shape index (κ1) is 13.8. The quantitative estimate of drug-likeness (QED) is 0.806. The summed E-state index contributed by atoms with van der Waals surface area (Å²) in [6.45, 7) is 0. The zero-order valence-electron chi connectivity index (χ0n) is 11.1. The van der Waals surface area contributed by atoms with E-state index in [-0.39, 0.29) is 17.6 Å². The number of nitrogen functional groups attached to an aromatic ring is 1. The van der Waals surface area contributed by atoms with Crippen LogP contribution in [0.5, 0.6) is 0 Å². The first-order valence-electron chi connectivity index (χ1n) is 7.02. The molecular weight excluding hydrogens is 243 g/mol. The number of nitrogens with one attached hydrogen (secondary N) is 1. The number of amides is 1. The second kappa shape index (κ2) is 6.55. The van der Waals surface area contributed by atoms with Crippen LogP contribution in [0.1, 0.15) is 55.3 Å². The van der Waals surface area contributed by atoms with Crippen molar-refractivity contribution in [3.05, 3.63) is 29.6 Å². The Morgan fingerprint density at radius 2 is 1.74 bits per heavy atom. The van der Waals surface area contributed by atoms with Gasteiger partial charge in [-0.3, -0.25) is 4.79 Å². The summed E-state index contributed by atoms with van der Waals surface area (Å²) in [5, 5.41) is 3.00. The van der Waals surface area contributed by atoms with Crippen LogP contribution in [0.2, 0.25) is 0 Å². The molecule has 0 radical (unpaired) electrons. The third-order valence-electron chi connectivity index (χ3n) is 3.62. The van der Waals surface area contributed by atoms with E-state index in [1.54, 1.807) is 0 Å². The van der Waals surface area contributed by atoms with Gasteiger partial charge in [-0.25, -0.2) is 4.39 Å². The lowest BCUT2D eigenvalue weighted by atomic mass is 9.96. The molecule has 0 atom stereocenters. The van der Waals surface area contributed by atoms with Crippen molar-refractivity contribution in [2.45, 2.75) is 51.0 Å². The van der Waals surface area contributed by atoms with E-state index < -0.39 is 5.82 Å². The predicted molar refractivity (Wildman–Crippen MR) is 74.4 cm³/mol. The molecule has 1 amide bonds. The molecule has 0 unspecified atom stereocenters. The molecule has 0 heterocycles. The average Bonchev–Trinajstić information content (AvgIpc) is 2.31. The van der Waals surface area contributed by atoms with Gasteiger partial charge in [-0.05, 0) is 31.0 Å². The fourth-order valence-electron chi connectivity index (χ4n) is 2.61. The van der Waals surface area contributed by atoms with Crippen molar-refractivity contribution >= 4 is 11.6 Å². The molecule has 19 heavy (non-hydrogen) atoms. The average molecular weight is 264 g/mol. The van der Waals surface area contributed by atoms with Crippen LogP contribution in [0.25, 0.3) is 0 Å². The zero-order valence-corrected chi connectivity index (χ0v) is 11.1. The van der Waals surface area contributed by atoms with Crippen molar-refractivity contribution in [3.63, 3.8) is 0 Å². The maximum atomic E-state index is 13.2. The second-order valence-electron chi connectivity index (χ2n) is 5.29. The van der Waals surface area contributed by atoms with Crippen molar-refractivity contribution in [2.24, 2.45) is 0 Å². The molecule has 3 nitrogen and oxygen atoms in total. The molecule has 2 rings (SSSR count). The van der Waals surface area contributed by atoms with E-state index in [9.17, 15) is 9.18 Å². The summed E-state index contributed by atoms with van der Waals surface area (Å²) in [6, 6.07) is 4.17. The van der Waals surface area contributed by atoms with Gasteiger partial charge in [0.25, 0.3) is 5.91 Å². The number of halogens is 1. The minimum atomic E-state index is -0.470. The van der Waals surface area contributed by atoms with Gasteiger partial charge in [-0.15, -0.1) is 0 Å². The van der Waals surface area contributed by atoms with E-state index in [4.69, 9.17) is 5.73 Å². The molecule has 0 spiro atoms. The minimum Gasteiger partial charge on any atom is -0.399 e. The monoisotopic (exact) mass is 264 g/mol. The third kappa shape index (κ3) is 4.23. The molecule has 1 aromatic rings. The second-order valence-corrected chi connectivity index (χ2v) is 5.29. The van der Waals surface area contributed by atoms with Crippen molar-refractivity contribution in [3.8, 4) is 0 Å². The van der Waals surface area contributed by atoms with Gasteiger partial charge in [0, 0.05) is 17.3 Å². The summed E-state index contributed by atoms with van der Waals surface area (Å²) in [4.78, 5) is 12.1. The normalized spacial score (nSPS) is 17.5. The van der Waals surface area contributed by atoms with Crippen LogP contribution in [-0.2, 0) is 0 Å². The van der Waals surface area contributed by atoms with Crippen molar-refractivity contribution < 1.29 is 9.18 Å². The molecular formula is C15H21FN2O. The highest BCUT2D eigenvalue weighted by Crippen LogP contribution is 2.18. The summed E-state index contributed by atoms with van der Waals surface area (Å²) in [5.41, 5.74) is 6.14. The highest BCUT2D eigenvalue weighted by atomic mass is 19.1. The van der Waals surface area contributed by atoms with Crippen LogP contribution >= 0.6 is 0 Å². The number of hydrogen-bond donors (Lipinski definition) is 2. The number of nitrogens with two attached hydrogens (primary N) is 1. The van der Waals surface area contributed by atoms with Gasteiger partial charge >= 0.3 is 0 Å². The molecule has 0 aliphatic heterocycles. The molecule has 4 heteroatoms. The predicted octanol–water partition coefficient (Wildman–Crippen LogP) is 3.25. The Morgan fingerprint density at radius 1 is 1.11 bits per heavy atom. The highest BCUT2D eigenvalue weighted by Gasteiger charge is 2.15. The number of hydrogen-bond acceptors (Lipinski definition) is 2. The standard InChI is InChI=1S/C15H21FN2O/c16-12-8-11(9-13(17)10-12)15(19)18-14-6-4-2-1-3-5-7-14/h8-10,14H,1-7,17H2,(H,18,19). The van der Waals surface area contributed by atoms with E-state index >= 15 is 0 Å². The van der Waals surface area contributed by atoms with Crippen LogP contribution in [0.15, 0.2) is 18.2 Å². The Labute approximate surface area is 113 Å². The topological polar surface area (TPSA) is 55.1 Å². The molecule has 1 aliphatic carbocycles. The lowest BCUT2D eigenvalue weighted by Crippen LogP contribution is -2.35. The van der Waals surface area contributed by atoms with Gasteiger partial charge in [-0.2, -0.15) is 0 Å². The largest absolute Gasteiger partial charge is 0.399 e. The van der Waals surface area contributed by atoms with Crippen LogP contribution in [0, 0.1) is 5.82 Å². The van der Waals surface area contributed by atoms with Gasteiger partial charge in [-0.1, -0.05) is 32.1 Å². The molecule has 0 bridgehead atoms. The van der Waals surface area contributed by atoms with Gasteiger partial charge < -0.3 is 11.1 Å². The summed E-state index contributed by atoms with van der Waals surface area (Å²) in [5.74, 6) is -0.695. The first-order valence-corrected chi connectivity index (χ1v) is 7.02. The van der Waals surface area contributed by atoms with E-state index in [0.29, 0.717) is 5.56 Å². The number of rotatable bonds is 2. The van der Waals surface area contributed by atoms with E-state index in [1.165, 1.54) is 37.5 Å². The van der Waals surface area contributed by atoms with Gasteiger partial charge in [0.2, 0.25) is 0 Å². The molecule has 1 aromatic carbocycles. The summed E-state index contributed by atoms with van der Waals surface area (Å²) >= 11 is 0. The van der Waals surface area contributed by atoms with Gasteiger partial charge in [0.1, 0.15) is 5.82 Å². The Balaban J connectivity index is 1.98. The van der Waals surface area contributed by atoms with Gasteiger partial charge in [0.05, 0.1) is 0 Å². The molecule has 0 saturated heterocycles. The van der Waals surface area contributed by atoms with E-state index in [2.05, 4.69) is 5.32 Å². The number of benzene rings is 1. The van der Waals surface area contributed by atoms with Crippen molar-refractivity contribution in [1.82, 2.24) is 5.32 Å². The van der Waals surface area contributed by atoms with Crippen LogP contribution < -0.4 is 11.1 Å². The number of anilines is 1. The Kier molecular flexibility index (Phi) is 4.77. The maximum Gasteiger partial charge on any atom is 0.251 e. The minimum absolute atomic E-state index is 0.206. The fraction of sp³-hybridized carbons (Fsp3) is 0.533. The third-order valence-corrected chi connectivity index (χ3v) is 3.62. The fourth-order valence-corrected chi connectivity index (χ4v) is 2.61. The molecule has 1 saturated carbocycles. The summed E-state index contributed by atoms with van der Waals surface area (Å²) in [7, 11) is 0.